The first-order valence-electron chi connectivity index (χ1n) is 10.4. The first-order valence-corrected chi connectivity index (χ1v) is 10.8. The summed E-state index contributed by atoms with van der Waals surface area (Å²) in [6, 6.07) is 14.6. The van der Waals surface area contributed by atoms with Crippen LogP contribution in [0.5, 0.6) is 11.5 Å². The number of carbonyl (C=O) groups excluding carboxylic acids is 3. The average Bonchev–Trinajstić information content (AvgIpc) is 2.79. The van der Waals surface area contributed by atoms with Gasteiger partial charge in [0, 0.05) is 10.6 Å². The highest BCUT2D eigenvalue weighted by atomic mass is 35.5. The van der Waals surface area contributed by atoms with Crippen LogP contribution in [0.15, 0.2) is 60.2 Å². The Morgan fingerprint density at radius 1 is 0.939 bits per heavy atom. The molecule has 0 aromatic heterocycles. The SMILES string of the molecule is CCOc1ccc2ccc(OCC)c(/C=C3\C(=O)NC(=O)N(c4ccc(Cl)cc4)C3=O)c2c1. The van der Waals surface area contributed by atoms with Crippen molar-refractivity contribution in [1.82, 2.24) is 5.32 Å². The maximum Gasteiger partial charge on any atom is 0.335 e. The number of hydrogen-bond donors (Lipinski definition) is 1. The van der Waals surface area contributed by atoms with Crippen molar-refractivity contribution < 1.29 is 23.9 Å². The monoisotopic (exact) mass is 464 g/mol. The minimum Gasteiger partial charge on any atom is -0.494 e. The van der Waals surface area contributed by atoms with Gasteiger partial charge in [-0.15, -0.1) is 0 Å². The Labute approximate surface area is 195 Å². The third-order valence-corrected chi connectivity index (χ3v) is 5.33. The van der Waals surface area contributed by atoms with E-state index in [0.717, 1.165) is 15.7 Å². The highest BCUT2D eigenvalue weighted by Gasteiger charge is 2.37. The second-order valence-electron chi connectivity index (χ2n) is 7.16. The van der Waals surface area contributed by atoms with Gasteiger partial charge in [-0.3, -0.25) is 14.9 Å². The maximum absolute atomic E-state index is 13.3. The van der Waals surface area contributed by atoms with Gasteiger partial charge in [0.15, 0.2) is 0 Å². The van der Waals surface area contributed by atoms with Crippen LogP contribution in [-0.4, -0.2) is 31.1 Å². The fourth-order valence-electron chi connectivity index (χ4n) is 3.62. The maximum atomic E-state index is 13.3. The number of imide groups is 2. The van der Waals surface area contributed by atoms with Gasteiger partial charge in [0.25, 0.3) is 11.8 Å². The molecular weight excluding hydrogens is 444 g/mol. The number of benzene rings is 3. The largest absolute Gasteiger partial charge is 0.494 e. The summed E-state index contributed by atoms with van der Waals surface area (Å²) in [6.45, 7) is 4.61. The fourth-order valence-corrected chi connectivity index (χ4v) is 3.74. The lowest BCUT2D eigenvalue weighted by molar-refractivity contribution is -0.122. The first-order chi connectivity index (χ1) is 15.9. The second kappa shape index (κ2) is 9.34. The van der Waals surface area contributed by atoms with E-state index in [1.807, 2.05) is 38.1 Å². The molecule has 3 aromatic carbocycles. The van der Waals surface area contributed by atoms with Gasteiger partial charge in [0.2, 0.25) is 0 Å². The molecule has 3 aromatic rings. The van der Waals surface area contributed by atoms with E-state index in [4.69, 9.17) is 21.1 Å². The van der Waals surface area contributed by atoms with Gasteiger partial charge in [-0.1, -0.05) is 23.7 Å². The molecule has 1 N–H and O–H groups in total. The van der Waals surface area contributed by atoms with Crippen LogP contribution in [-0.2, 0) is 9.59 Å². The number of amides is 4. The Morgan fingerprint density at radius 2 is 1.64 bits per heavy atom. The molecule has 4 amide bonds. The molecule has 1 aliphatic rings. The average molecular weight is 465 g/mol. The predicted molar refractivity (Wildman–Crippen MR) is 127 cm³/mol. The molecule has 4 rings (SSSR count). The van der Waals surface area contributed by atoms with Crippen molar-refractivity contribution in [2.45, 2.75) is 13.8 Å². The topological polar surface area (TPSA) is 84.9 Å². The molecule has 0 bridgehead atoms. The summed E-state index contributed by atoms with van der Waals surface area (Å²) in [6.07, 6.45) is 1.45. The lowest BCUT2D eigenvalue weighted by atomic mass is 9.99. The van der Waals surface area contributed by atoms with Crippen molar-refractivity contribution in [1.29, 1.82) is 0 Å². The van der Waals surface area contributed by atoms with E-state index in [2.05, 4.69) is 5.32 Å². The molecule has 0 atom stereocenters. The lowest BCUT2D eigenvalue weighted by Crippen LogP contribution is -2.54. The first kappa shape index (κ1) is 22.4. The van der Waals surface area contributed by atoms with E-state index >= 15 is 0 Å². The summed E-state index contributed by atoms with van der Waals surface area (Å²) in [5.41, 5.74) is 0.640. The van der Waals surface area contributed by atoms with Crippen LogP contribution in [0.4, 0.5) is 10.5 Å². The Bertz CT molecular complexity index is 1280. The molecule has 8 heteroatoms. The van der Waals surface area contributed by atoms with E-state index in [1.54, 1.807) is 18.2 Å². The second-order valence-corrected chi connectivity index (χ2v) is 7.60. The Morgan fingerprint density at radius 3 is 2.33 bits per heavy atom. The molecule has 0 spiro atoms. The summed E-state index contributed by atoms with van der Waals surface area (Å²) in [5.74, 6) is -0.375. The Kier molecular flexibility index (Phi) is 6.33. The van der Waals surface area contributed by atoms with Crippen molar-refractivity contribution in [3.8, 4) is 11.5 Å². The molecule has 0 saturated carbocycles. The minimum absolute atomic E-state index is 0.195. The van der Waals surface area contributed by atoms with Gasteiger partial charge in [0.05, 0.1) is 18.9 Å². The van der Waals surface area contributed by atoms with E-state index in [9.17, 15) is 14.4 Å². The quantitative estimate of drug-likeness (QED) is 0.412. The number of rotatable bonds is 6. The summed E-state index contributed by atoms with van der Waals surface area (Å²) < 4.78 is 11.4. The number of nitrogens with one attached hydrogen (secondary N) is 1. The zero-order valence-corrected chi connectivity index (χ0v) is 18.8. The third kappa shape index (κ3) is 4.40. The van der Waals surface area contributed by atoms with Crippen LogP contribution in [0, 0.1) is 0 Å². The molecule has 1 aliphatic heterocycles. The Hall–Kier alpha value is -3.84. The molecule has 0 unspecified atom stereocenters. The normalized spacial score (nSPS) is 15.2. The predicted octanol–water partition coefficient (Wildman–Crippen LogP) is 4.96. The van der Waals surface area contributed by atoms with E-state index in [0.29, 0.717) is 41.0 Å². The standard InChI is InChI=1S/C25H21ClN2O5/c1-3-32-18-11-5-15-6-12-22(33-4-2)20(19(15)13-18)14-21-23(29)27-25(31)28(24(21)30)17-9-7-16(26)8-10-17/h5-14H,3-4H2,1-2H3,(H,27,29,31)/b21-14+. The highest BCUT2D eigenvalue weighted by molar-refractivity contribution is 6.39. The van der Waals surface area contributed by atoms with Gasteiger partial charge < -0.3 is 9.47 Å². The molecule has 7 nitrogen and oxygen atoms in total. The number of nitrogens with zero attached hydrogens (tertiary/aromatic N) is 1. The molecule has 33 heavy (non-hydrogen) atoms. The number of halogens is 1. The van der Waals surface area contributed by atoms with Crippen LogP contribution in [0.25, 0.3) is 16.8 Å². The molecular formula is C25H21ClN2O5. The number of carbonyl (C=O) groups is 3. The molecule has 0 aliphatic carbocycles. The van der Waals surface area contributed by atoms with Crippen molar-refractivity contribution >= 4 is 52.0 Å². The van der Waals surface area contributed by atoms with Crippen LogP contribution in [0.1, 0.15) is 19.4 Å². The number of ether oxygens (including phenoxy) is 2. The summed E-state index contributed by atoms with van der Waals surface area (Å²) >= 11 is 5.93. The zero-order chi connectivity index (χ0) is 23.5. The minimum atomic E-state index is -0.828. The van der Waals surface area contributed by atoms with E-state index in [-0.39, 0.29) is 5.57 Å². The fraction of sp³-hybridized carbons (Fsp3) is 0.160. The van der Waals surface area contributed by atoms with Gasteiger partial charge in [-0.2, -0.15) is 0 Å². The summed E-state index contributed by atoms with van der Waals surface area (Å²) in [7, 11) is 0. The third-order valence-electron chi connectivity index (χ3n) is 5.08. The van der Waals surface area contributed by atoms with Crippen LogP contribution in [0.3, 0.4) is 0 Å². The lowest BCUT2D eigenvalue weighted by Gasteiger charge is -2.26. The number of hydrogen-bond acceptors (Lipinski definition) is 5. The smallest absolute Gasteiger partial charge is 0.335 e. The van der Waals surface area contributed by atoms with Crippen molar-refractivity contribution in [3.05, 3.63) is 70.8 Å². The van der Waals surface area contributed by atoms with Gasteiger partial charge in [0.1, 0.15) is 17.1 Å². The molecule has 1 heterocycles. The van der Waals surface area contributed by atoms with E-state index < -0.39 is 17.8 Å². The van der Waals surface area contributed by atoms with Crippen molar-refractivity contribution in [2.75, 3.05) is 18.1 Å². The highest BCUT2D eigenvalue weighted by Crippen LogP contribution is 2.34. The number of barbiturate groups is 1. The summed E-state index contributed by atoms with van der Waals surface area (Å²) in [5, 5.41) is 4.31. The zero-order valence-electron chi connectivity index (χ0n) is 18.1. The molecule has 1 fully saturated rings. The number of anilines is 1. The van der Waals surface area contributed by atoms with Gasteiger partial charge in [-0.25, -0.2) is 9.69 Å². The van der Waals surface area contributed by atoms with Crippen LogP contribution < -0.4 is 19.7 Å². The molecule has 168 valence electrons. The Balaban J connectivity index is 1.87. The van der Waals surface area contributed by atoms with Crippen LogP contribution >= 0.6 is 11.6 Å². The van der Waals surface area contributed by atoms with Crippen molar-refractivity contribution in [2.24, 2.45) is 0 Å². The van der Waals surface area contributed by atoms with E-state index in [1.165, 1.54) is 18.2 Å². The van der Waals surface area contributed by atoms with Gasteiger partial charge in [-0.05, 0) is 73.2 Å². The summed E-state index contributed by atoms with van der Waals surface area (Å²) in [4.78, 5) is 39.4. The van der Waals surface area contributed by atoms with Crippen molar-refractivity contribution in [3.63, 3.8) is 0 Å². The van der Waals surface area contributed by atoms with Gasteiger partial charge >= 0.3 is 6.03 Å². The number of fused-ring (bicyclic) bond motifs is 1. The number of urea groups is 1. The molecule has 1 saturated heterocycles. The molecule has 0 radical (unpaired) electrons. The van der Waals surface area contributed by atoms with Crippen LogP contribution in [0.2, 0.25) is 5.02 Å².